The summed E-state index contributed by atoms with van der Waals surface area (Å²) in [5.74, 6) is -1.06. The Bertz CT molecular complexity index is 643. The van der Waals surface area contributed by atoms with E-state index < -0.39 is 0 Å². The zero-order valence-corrected chi connectivity index (χ0v) is 13.6. The maximum absolute atomic E-state index is 12.3. The molecule has 2 aliphatic rings. The van der Waals surface area contributed by atoms with Gasteiger partial charge < -0.3 is 5.32 Å². The van der Waals surface area contributed by atoms with E-state index in [1.807, 2.05) is 19.1 Å². The molecule has 1 N–H and O–H groups in total. The lowest BCUT2D eigenvalue weighted by molar-refractivity contribution is -0.140. The van der Waals surface area contributed by atoms with Gasteiger partial charge >= 0.3 is 0 Å². The molecule has 2 atom stereocenters. The van der Waals surface area contributed by atoms with Gasteiger partial charge in [0.1, 0.15) is 5.01 Å². The smallest absolute Gasteiger partial charge is 0.233 e. The van der Waals surface area contributed by atoms with Crippen molar-refractivity contribution in [1.29, 1.82) is 0 Å². The Balaban J connectivity index is 1.54. The van der Waals surface area contributed by atoms with Crippen LogP contribution in [-0.2, 0) is 20.8 Å². The third-order valence-corrected chi connectivity index (χ3v) is 5.16. The van der Waals surface area contributed by atoms with Crippen molar-refractivity contribution in [1.82, 2.24) is 15.1 Å². The average Bonchev–Trinajstić information content (AvgIpc) is 3.10. The van der Waals surface area contributed by atoms with Gasteiger partial charge in [-0.3, -0.25) is 19.3 Å². The molecule has 1 aromatic rings. The van der Waals surface area contributed by atoms with Crippen molar-refractivity contribution in [3.8, 4) is 0 Å². The summed E-state index contributed by atoms with van der Waals surface area (Å²) in [6.45, 7) is 2.08. The zero-order valence-electron chi connectivity index (χ0n) is 12.8. The lowest BCUT2D eigenvalue weighted by Crippen LogP contribution is -2.34. The number of hydrogen-bond donors (Lipinski definition) is 1. The summed E-state index contributed by atoms with van der Waals surface area (Å²) in [5, 5.41) is 11.8. The molecule has 7 nitrogen and oxygen atoms in total. The second-order valence-corrected chi connectivity index (χ2v) is 6.70. The number of nitrogens with zero attached hydrogens (tertiary/aromatic N) is 3. The Morgan fingerprint density at radius 3 is 2.48 bits per heavy atom. The Morgan fingerprint density at radius 2 is 1.91 bits per heavy atom. The maximum Gasteiger partial charge on any atom is 0.233 e. The third-order valence-electron chi connectivity index (χ3n) is 4.18. The van der Waals surface area contributed by atoms with Crippen molar-refractivity contribution in [3.63, 3.8) is 0 Å². The lowest BCUT2D eigenvalue weighted by Gasteiger charge is -2.14. The summed E-state index contributed by atoms with van der Waals surface area (Å²) >= 11 is 1.33. The second-order valence-electron chi connectivity index (χ2n) is 5.64. The first-order chi connectivity index (χ1) is 11.1. The first kappa shape index (κ1) is 15.8. The molecule has 0 aromatic carbocycles. The maximum atomic E-state index is 12.3. The highest BCUT2D eigenvalue weighted by Gasteiger charge is 2.46. The molecule has 1 aromatic heterocycles. The molecule has 0 bridgehead atoms. The first-order valence-corrected chi connectivity index (χ1v) is 8.54. The number of carbonyl (C=O) groups excluding carboxylic acids is 3. The van der Waals surface area contributed by atoms with Crippen molar-refractivity contribution < 1.29 is 14.4 Å². The molecule has 0 saturated carbocycles. The number of aromatic nitrogens is 2. The number of fused-ring (bicyclic) bond motifs is 1. The van der Waals surface area contributed by atoms with Crippen molar-refractivity contribution in [2.45, 2.75) is 32.6 Å². The number of likely N-dealkylation sites (tertiary alicyclic amines) is 1. The van der Waals surface area contributed by atoms with Gasteiger partial charge in [0.25, 0.3) is 0 Å². The predicted octanol–water partition coefficient (Wildman–Crippen LogP) is 1.38. The number of rotatable bonds is 5. The van der Waals surface area contributed by atoms with Gasteiger partial charge in [0.2, 0.25) is 22.9 Å². The van der Waals surface area contributed by atoms with E-state index in [-0.39, 0.29) is 42.5 Å². The third kappa shape index (κ3) is 3.17. The van der Waals surface area contributed by atoms with Gasteiger partial charge in [-0.25, -0.2) is 0 Å². The molecule has 8 heteroatoms. The summed E-state index contributed by atoms with van der Waals surface area (Å²) in [6, 6.07) is 0. The topological polar surface area (TPSA) is 92.3 Å². The molecule has 122 valence electrons. The monoisotopic (exact) mass is 334 g/mol. The van der Waals surface area contributed by atoms with Crippen LogP contribution in [0.1, 0.15) is 31.2 Å². The van der Waals surface area contributed by atoms with E-state index in [0.29, 0.717) is 18.0 Å². The molecule has 1 aliphatic heterocycles. The molecule has 0 spiro atoms. The summed E-state index contributed by atoms with van der Waals surface area (Å²) < 4.78 is 0. The Hall–Kier alpha value is -2.09. The van der Waals surface area contributed by atoms with Crippen LogP contribution in [0.4, 0.5) is 5.13 Å². The van der Waals surface area contributed by atoms with Crippen LogP contribution < -0.4 is 5.32 Å². The van der Waals surface area contributed by atoms with Gasteiger partial charge in [-0.2, -0.15) is 0 Å². The molecule has 0 radical (unpaired) electrons. The summed E-state index contributed by atoms with van der Waals surface area (Å²) in [6.07, 6.45) is 5.96. The minimum absolute atomic E-state index is 0.0748. The van der Waals surface area contributed by atoms with Gasteiger partial charge in [-0.05, 0) is 19.3 Å². The van der Waals surface area contributed by atoms with E-state index in [1.54, 1.807) is 0 Å². The fraction of sp³-hybridized carbons (Fsp3) is 0.533. The van der Waals surface area contributed by atoms with Crippen LogP contribution in [0.15, 0.2) is 12.2 Å². The van der Waals surface area contributed by atoms with E-state index >= 15 is 0 Å². The number of nitrogens with one attached hydrogen (secondary N) is 1. The first-order valence-electron chi connectivity index (χ1n) is 7.72. The normalized spacial score (nSPS) is 23.3. The Labute approximate surface area is 137 Å². The second kappa shape index (κ2) is 6.57. The van der Waals surface area contributed by atoms with Crippen LogP contribution in [0.25, 0.3) is 0 Å². The summed E-state index contributed by atoms with van der Waals surface area (Å²) in [7, 11) is 0. The molecule has 3 amide bonds. The fourth-order valence-corrected chi connectivity index (χ4v) is 3.63. The SMILES string of the molecule is CCc1nnc(NC(=O)CCN2C(=O)[C@@H]3CC=CC[C@H]3C2=O)s1. The number of carbonyl (C=O) groups is 3. The number of allylic oxidation sites excluding steroid dienone is 2. The number of imide groups is 1. The van der Waals surface area contributed by atoms with Crippen LogP contribution in [-0.4, -0.2) is 39.4 Å². The average molecular weight is 334 g/mol. The van der Waals surface area contributed by atoms with E-state index in [0.717, 1.165) is 11.4 Å². The minimum atomic E-state index is -0.266. The molecular weight excluding hydrogens is 316 g/mol. The number of anilines is 1. The van der Waals surface area contributed by atoms with Crippen LogP contribution >= 0.6 is 11.3 Å². The quantitative estimate of drug-likeness (QED) is 0.649. The van der Waals surface area contributed by atoms with Crippen molar-refractivity contribution in [3.05, 3.63) is 17.2 Å². The van der Waals surface area contributed by atoms with Gasteiger partial charge in [-0.1, -0.05) is 30.4 Å². The fourth-order valence-electron chi connectivity index (χ4n) is 2.93. The van der Waals surface area contributed by atoms with Crippen LogP contribution in [0.5, 0.6) is 0 Å². The molecule has 23 heavy (non-hydrogen) atoms. The molecule has 1 saturated heterocycles. The highest BCUT2D eigenvalue weighted by molar-refractivity contribution is 7.15. The molecule has 1 fully saturated rings. The van der Waals surface area contributed by atoms with E-state index in [4.69, 9.17) is 0 Å². The van der Waals surface area contributed by atoms with Crippen LogP contribution in [0, 0.1) is 11.8 Å². The molecule has 0 unspecified atom stereocenters. The molecule has 3 rings (SSSR count). The summed E-state index contributed by atoms with van der Waals surface area (Å²) in [4.78, 5) is 37.8. The standard InChI is InChI=1S/C15H18N4O3S/c1-2-12-17-18-15(23-12)16-11(20)7-8-19-13(21)9-5-3-4-6-10(9)14(19)22/h3-4,9-10H,2,5-8H2,1H3,(H,16,18,20)/t9-,10-/m1/s1. The van der Waals surface area contributed by atoms with E-state index in [2.05, 4.69) is 15.5 Å². The predicted molar refractivity (Wildman–Crippen MR) is 84.6 cm³/mol. The van der Waals surface area contributed by atoms with Crippen LogP contribution in [0.2, 0.25) is 0 Å². The highest BCUT2D eigenvalue weighted by atomic mass is 32.1. The van der Waals surface area contributed by atoms with E-state index in [9.17, 15) is 14.4 Å². The minimum Gasteiger partial charge on any atom is -0.300 e. The molecule has 2 heterocycles. The number of aryl methyl sites for hydroxylation is 1. The molecular formula is C15H18N4O3S. The Morgan fingerprint density at radius 1 is 1.26 bits per heavy atom. The molecule has 1 aliphatic carbocycles. The Kier molecular flexibility index (Phi) is 4.51. The van der Waals surface area contributed by atoms with Crippen molar-refractivity contribution in [2.24, 2.45) is 11.8 Å². The van der Waals surface area contributed by atoms with E-state index in [1.165, 1.54) is 16.2 Å². The number of amides is 3. The zero-order chi connectivity index (χ0) is 16.4. The number of hydrogen-bond acceptors (Lipinski definition) is 6. The van der Waals surface area contributed by atoms with Crippen LogP contribution in [0.3, 0.4) is 0 Å². The van der Waals surface area contributed by atoms with Gasteiger partial charge in [-0.15, -0.1) is 10.2 Å². The van der Waals surface area contributed by atoms with Crippen molar-refractivity contribution >= 4 is 34.2 Å². The van der Waals surface area contributed by atoms with Gasteiger partial charge in [0.05, 0.1) is 11.8 Å². The van der Waals surface area contributed by atoms with Crippen molar-refractivity contribution in [2.75, 3.05) is 11.9 Å². The van der Waals surface area contributed by atoms with Gasteiger partial charge in [0.15, 0.2) is 0 Å². The van der Waals surface area contributed by atoms with Gasteiger partial charge in [0, 0.05) is 13.0 Å². The highest BCUT2D eigenvalue weighted by Crippen LogP contribution is 2.35. The summed E-state index contributed by atoms with van der Waals surface area (Å²) in [5.41, 5.74) is 0. The largest absolute Gasteiger partial charge is 0.300 e. The lowest BCUT2D eigenvalue weighted by atomic mass is 9.85.